The molecule has 5 nitrogen and oxygen atoms in total. The average molecular weight is 301 g/mol. The van der Waals surface area contributed by atoms with Crippen molar-refractivity contribution in [1.82, 2.24) is 15.2 Å². The first kappa shape index (κ1) is 15.0. The number of rotatable bonds is 1. The summed E-state index contributed by atoms with van der Waals surface area (Å²) in [5.74, 6) is 0.0958. The summed E-state index contributed by atoms with van der Waals surface area (Å²) in [4.78, 5) is 31.1. The maximum Gasteiger partial charge on any atom is 0.273 e. The topological polar surface area (TPSA) is 62.3 Å². The summed E-state index contributed by atoms with van der Waals surface area (Å²) in [7, 11) is 0. The summed E-state index contributed by atoms with van der Waals surface area (Å²) >= 11 is 0. The monoisotopic (exact) mass is 301 g/mol. The van der Waals surface area contributed by atoms with Crippen LogP contribution in [-0.4, -0.2) is 39.8 Å². The zero-order valence-corrected chi connectivity index (χ0v) is 13.3. The summed E-state index contributed by atoms with van der Waals surface area (Å²) in [6, 6.07) is 3.82. The molecule has 2 aliphatic heterocycles. The quantitative estimate of drug-likeness (QED) is 0.863. The Hall–Kier alpha value is -1.91. The highest BCUT2D eigenvalue weighted by Crippen LogP contribution is 2.34. The van der Waals surface area contributed by atoms with E-state index in [1.165, 1.54) is 0 Å². The molecule has 2 fully saturated rings. The Kier molecular flexibility index (Phi) is 3.89. The lowest BCUT2D eigenvalue weighted by atomic mass is 9.81. The van der Waals surface area contributed by atoms with Crippen molar-refractivity contribution in [3.05, 3.63) is 29.6 Å². The first-order valence-electron chi connectivity index (χ1n) is 8.05. The molecule has 1 aromatic rings. The van der Waals surface area contributed by atoms with E-state index in [1.807, 2.05) is 24.0 Å². The summed E-state index contributed by atoms with van der Waals surface area (Å²) in [5.41, 5.74) is 1.12. The number of carbonyl (C=O) groups is 2. The Morgan fingerprint density at radius 1 is 1.45 bits per heavy atom. The lowest BCUT2D eigenvalue weighted by Gasteiger charge is -2.47. The summed E-state index contributed by atoms with van der Waals surface area (Å²) < 4.78 is 0. The van der Waals surface area contributed by atoms with Gasteiger partial charge in [-0.3, -0.25) is 14.6 Å². The lowest BCUT2D eigenvalue weighted by Crippen LogP contribution is -2.63. The molecule has 1 N–H and O–H groups in total. The first-order valence-corrected chi connectivity index (χ1v) is 8.05. The van der Waals surface area contributed by atoms with Crippen molar-refractivity contribution in [1.29, 1.82) is 0 Å². The molecule has 1 aromatic heterocycles. The van der Waals surface area contributed by atoms with E-state index in [4.69, 9.17) is 0 Å². The van der Waals surface area contributed by atoms with E-state index in [-0.39, 0.29) is 23.4 Å². The number of fused-ring (bicyclic) bond motifs is 1. The number of hydrogen-bond acceptors (Lipinski definition) is 3. The highest BCUT2D eigenvalue weighted by molar-refractivity contribution is 5.94. The van der Waals surface area contributed by atoms with Gasteiger partial charge in [0.1, 0.15) is 5.69 Å². The molecule has 2 amide bonds. The van der Waals surface area contributed by atoms with Crippen molar-refractivity contribution >= 4 is 11.8 Å². The van der Waals surface area contributed by atoms with Crippen LogP contribution in [0.15, 0.2) is 18.3 Å². The van der Waals surface area contributed by atoms with Crippen LogP contribution in [0.3, 0.4) is 0 Å². The minimum absolute atomic E-state index is 0.00910. The Labute approximate surface area is 131 Å². The number of amides is 2. The van der Waals surface area contributed by atoms with Crippen LogP contribution in [0.1, 0.15) is 55.1 Å². The van der Waals surface area contributed by atoms with E-state index in [0.717, 1.165) is 37.8 Å². The van der Waals surface area contributed by atoms with E-state index in [1.54, 1.807) is 6.20 Å². The molecule has 0 aliphatic carbocycles. The van der Waals surface area contributed by atoms with E-state index < -0.39 is 0 Å². The predicted molar refractivity (Wildman–Crippen MR) is 83.4 cm³/mol. The number of carbonyl (C=O) groups excluding carboxylic acids is 2. The largest absolute Gasteiger partial charge is 0.349 e. The normalized spacial score (nSPS) is 28.5. The van der Waals surface area contributed by atoms with E-state index in [0.29, 0.717) is 12.1 Å². The Balaban J connectivity index is 1.91. The van der Waals surface area contributed by atoms with Gasteiger partial charge in [-0.2, -0.15) is 0 Å². The van der Waals surface area contributed by atoms with Crippen molar-refractivity contribution in [2.24, 2.45) is 0 Å². The fourth-order valence-electron chi connectivity index (χ4n) is 3.83. The summed E-state index contributed by atoms with van der Waals surface area (Å²) in [6.07, 6.45) is 5.75. The van der Waals surface area contributed by atoms with Crippen LogP contribution in [0.5, 0.6) is 0 Å². The van der Waals surface area contributed by atoms with Gasteiger partial charge < -0.3 is 10.2 Å². The third-order valence-corrected chi connectivity index (χ3v) is 4.99. The van der Waals surface area contributed by atoms with Crippen LogP contribution in [0.25, 0.3) is 0 Å². The second-order valence-corrected chi connectivity index (χ2v) is 6.64. The average Bonchev–Trinajstić information content (AvgIpc) is 2.63. The van der Waals surface area contributed by atoms with Crippen molar-refractivity contribution in [2.75, 3.05) is 6.54 Å². The molecular weight excluding hydrogens is 278 g/mol. The smallest absolute Gasteiger partial charge is 0.273 e. The summed E-state index contributed by atoms with van der Waals surface area (Å²) in [6.45, 7) is 4.73. The Morgan fingerprint density at radius 3 is 3.05 bits per heavy atom. The number of nitrogens with one attached hydrogen (secondary N) is 1. The van der Waals surface area contributed by atoms with Crippen LogP contribution >= 0.6 is 0 Å². The molecule has 3 rings (SSSR count). The van der Waals surface area contributed by atoms with E-state index in [2.05, 4.69) is 17.2 Å². The fraction of sp³-hybridized carbons (Fsp3) is 0.588. The number of aryl methyl sites for hydroxylation is 1. The highest BCUT2D eigenvalue weighted by atomic mass is 16.2. The molecule has 0 spiro atoms. The summed E-state index contributed by atoms with van der Waals surface area (Å²) in [5, 5.41) is 3.15. The van der Waals surface area contributed by atoms with Gasteiger partial charge in [-0.1, -0.05) is 6.07 Å². The predicted octanol–water partition coefficient (Wildman–Crippen LogP) is 2.05. The van der Waals surface area contributed by atoms with Gasteiger partial charge in [-0.05, 0) is 51.2 Å². The van der Waals surface area contributed by atoms with Crippen molar-refractivity contribution < 1.29 is 9.59 Å². The van der Waals surface area contributed by atoms with Crippen molar-refractivity contribution in [2.45, 2.75) is 57.5 Å². The first-order chi connectivity index (χ1) is 10.5. The number of piperidine rings is 1. The third kappa shape index (κ3) is 2.60. The molecule has 0 unspecified atom stereocenters. The molecular formula is C17H23N3O2. The minimum Gasteiger partial charge on any atom is -0.349 e. The Bertz CT molecular complexity index is 601. The molecule has 118 valence electrons. The van der Waals surface area contributed by atoms with Gasteiger partial charge in [0.15, 0.2) is 0 Å². The maximum absolute atomic E-state index is 13.0. The van der Waals surface area contributed by atoms with Crippen LogP contribution in [-0.2, 0) is 4.79 Å². The van der Waals surface area contributed by atoms with Gasteiger partial charge in [0, 0.05) is 19.2 Å². The molecule has 2 atom stereocenters. The number of nitrogens with zero attached hydrogens (tertiary/aromatic N) is 2. The van der Waals surface area contributed by atoms with Crippen molar-refractivity contribution in [3.63, 3.8) is 0 Å². The highest BCUT2D eigenvalue weighted by Gasteiger charge is 2.45. The number of likely N-dealkylation sites (tertiary alicyclic amines) is 1. The van der Waals surface area contributed by atoms with Crippen LogP contribution < -0.4 is 5.32 Å². The van der Waals surface area contributed by atoms with Gasteiger partial charge in [-0.25, -0.2) is 0 Å². The zero-order valence-electron chi connectivity index (χ0n) is 13.3. The second-order valence-electron chi connectivity index (χ2n) is 6.64. The van der Waals surface area contributed by atoms with Gasteiger partial charge in [0.2, 0.25) is 5.91 Å². The third-order valence-electron chi connectivity index (χ3n) is 4.99. The molecule has 0 bridgehead atoms. The molecule has 22 heavy (non-hydrogen) atoms. The molecule has 2 aliphatic rings. The van der Waals surface area contributed by atoms with E-state index in [9.17, 15) is 9.59 Å². The number of aromatic nitrogens is 1. The lowest BCUT2D eigenvalue weighted by molar-refractivity contribution is -0.123. The van der Waals surface area contributed by atoms with Crippen LogP contribution in [0, 0.1) is 6.92 Å². The van der Waals surface area contributed by atoms with Gasteiger partial charge >= 0.3 is 0 Å². The molecule has 0 radical (unpaired) electrons. The molecule has 2 saturated heterocycles. The van der Waals surface area contributed by atoms with Crippen LogP contribution in [0.2, 0.25) is 0 Å². The van der Waals surface area contributed by atoms with Gasteiger partial charge in [-0.15, -0.1) is 0 Å². The van der Waals surface area contributed by atoms with Gasteiger partial charge in [0.25, 0.3) is 5.91 Å². The maximum atomic E-state index is 13.0. The van der Waals surface area contributed by atoms with E-state index >= 15 is 0 Å². The zero-order chi connectivity index (χ0) is 15.7. The molecule has 3 heterocycles. The molecule has 0 aromatic carbocycles. The molecule has 5 heteroatoms. The van der Waals surface area contributed by atoms with Crippen LogP contribution in [0.4, 0.5) is 0 Å². The standard InChI is InChI=1S/C17H23N3O2/c1-12-6-4-10-18-15(12)16(22)20-11-5-9-17(2)13(20)7-3-8-14(21)19-17/h4,6,10,13H,3,5,7-9,11H2,1-2H3,(H,19,21)/t13-,17-/m0/s1. The number of pyridine rings is 1. The fourth-order valence-corrected chi connectivity index (χ4v) is 3.83. The second kappa shape index (κ2) is 5.71. The van der Waals surface area contributed by atoms with Crippen molar-refractivity contribution in [3.8, 4) is 0 Å². The molecule has 0 saturated carbocycles. The minimum atomic E-state index is -0.315. The Morgan fingerprint density at radius 2 is 2.27 bits per heavy atom. The SMILES string of the molecule is Cc1cccnc1C(=O)N1CCC[C@]2(C)NC(=O)CCC[C@H]12. The number of hydrogen-bond donors (Lipinski definition) is 1. The van der Waals surface area contributed by atoms with Gasteiger partial charge in [0.05, 0.1) is 11.6 Å².